The molecule has 1 aliphatic heterocycles. The number of hydrogen-bond donors (Lipinski definition) is 2. The zero-order chi connectivity index (χ0) is 9.26. The van der Waals surface area contributed by atoms with Gasteiger partial charge in [-0.3, -0.25) is 4.79 Å². The first-order valence-electron chi connectivity index (χ1n) is 4.81. The third kappa shape index (κ3) is 2.42. The van der Waals surface area contributed by atoms with Crippen molar-refractivity contribution >= 4 is 5.97 Å². The molecule has 13 heavy (non-hydrogen) atoms. The molecule has 0 aromatic heterocycles. The molecular weight excluding hydrogens is 170 g/mol. The van der Waals surface area contributed by atoms with Crippen LogP contribution in [0.3, 0.4) is 0 Å². The maximum absolute atomic E-state index is 10.2. The SMILES string of the molecule is O=C(O)CCOC[C@@H]1C[C@@H]2C[C@@H]2N1. The molecule has 4 nitrogen and oxygen atoms in total. The molecule has 4 heteroatoms. The Morgan fingerprint density at radius 2 is 2.38 bits per heavy atom. The maximum Gasteiger partial charge on any atom is 0.305 e. The number of nitrogens with one attached hydrogen (secondary N) is 1. The topological polar surface area (TPSA) is 58.6 Å². The van der Waals surface area contributed by atoms with Crippen LogP contribution in [0, 0.1) is 5.92 Å². The van der Waals surface area contributed by atoms with Gasteiger partial charge in [0.05, 0.1) is 19.6 Å². The molecule has 1 saturated heterocycles. The van der Waals surface area contributed by atoms with Crippen LogP contribution >= 0.6 is 0 Å². The summed E-state index contributed by atoms with van der Waals surface area (Å²) in [6, 6.07) is 1.21. The van der Waals surface area contributed by atoms with Gasteiger partial charge in [0.15, 0.2) is 0 Å². The Morgan fingerprint density at radius 3 is 3.00 bits per heavy atom. The van der Waals surface area contributed by atoms with Crippen molar-refractivity contribution in [3.05, 3.63) is 0 Å². The van der Waals surface area contributed by atoms with Crippen LogP contribution in [0.1, 0.15) is 19.3 Å². The summed E-state index contributed by atoms with van der Waals surface area (Å²) in [4.78, 5) is 10.2. The largest absolute Gasteiger partial charge is 0.481 e. The Bertz CT molecular complexity index is 197. The second-order valence-electron chi connectivity index (χ2n) is 3.92. The summed E-state index contributed by atoms with van der Waals surface area (Å²) in [5, 5.41) is 11.8. The molecule has 74 valence electrons. The fraction of sp³-hybridized carbons (Fsp3) is 0.889. The first-order chi connectivity index (χ1) is 6.25. The fourth-order valence-corrected chi connectivity index (χ4v) is 1.95. The van der Waals surface area contributed by atoms with Gasteiger partial charge in [-0.15, -0.1) is 0 Å². The predicted octanol–water partition coefficient (Wildman–Crippen LogP) is 0.228. The Labute approximate surface area is 77.3 Å². The van der Waals surface area contributed by atoms with Crippen molar-refractivity contribution in [1.82, 2.24) is 5.32 Å². The zero-order valence-electron chi connectivity index (χ0n) is 7.53. The zero-order valence-corrected chi connectivity index (χ0v) is 7.53. The van der Waals surface area contributed by atoms with E-state index in [0.717, 1.165) is 12.0 Å². The van der Waals surface area contributed by atoms with E-state index in [1.165, 1.54) is 12.8 Å². The summed E-state index contributed by atoms with van der Waals surface area (Å²) in [5.74, 6) is 0.0929. The third-order valence-corrected chi connectivity index (χ3v) is 2.74. The Hall–Kier alpha value is -0.610. The van der Waals surface area contributed by atoms with Crippen molar-refractivity contribution in [2.45, 2.75) is 31.3 Å². The normalized spacial score (nSPS) is 35.8. The van der Waals surface area contributed by atoms with Crippen molar-refractivity contribution in [3.8, 4) is 0 Å². The molecule has 1 aliphatic carbocycles. The number of hydrogen-bond acceptors (Lipinski definition) is 3. The molecule has 2 rings (SSSR count). The van der Waals surface area contributed by atoms with Gasteiger partial charge in [-0.1, -0.05) is 0 Å². The van der Waals surface area contributed by atoms with Crippen LogP contribution in [0.15, 0.2) is 0 Å². The van der Waals surface area contributed by atoms with Crippen LogP contribution in [0.5, 0.6) is 0 Å². The number of ether oxygens (including phenoxy) is 1. The van der Waals surface area contributed by atoms with Crippen LogP contribution < -0.4 is 5.32 Å². The van der Waals surface area contributed by atoms with Gasteiger partial charge in [0.25, 0.3) is 0 Å². The third-order valence-electron chi connectivity index (χ3n) is 2.74. The standard InChI is InChI=1S/C9H15NO3/c11-9(12)1-2-13-5-7-3-6-4-8(6)10-7/h6-8,10H,1-5H2,(H,11,12)/t6-,7+,8+/m1/s1. The number of carboxylic acids is 1. The van der Waals surface area contributed by atoms with E-state index < -0.39 is 5.97 Å². The minimum atomic E-state index is -0.790. The van der Waals surface area contributed by atoms with Gasteiger partial charge in [0.1, 0.15) is 0 Å². The summed E-state index contributed by atoms with van der Waals surface area (Å²) in [6.07, 6.45) is 2.64. The molecule has 0 bridgehead atoms. The lowest BCUT2D eigenvalue weighted by Gasteiger charge is -2.12. The molecule has 2 fully saturated rings. The van der Waals surface area contributed by atoms with E-state index in [2.05, 4.69) is 5.32 Å². The van der Waals surface area contributed by atoms with E-state index >= 15 is 0 Å². The summed E-state index contributed by atoms with van der Waals surface area (Å²) in [7, 11) is 0. The second-order valence-corrected chi connectivity index (χ2v) is 3.92. The van der Waals surface area contributed by atoms with Crippen LogP contribution in [0.25, 0.3) is 0 Å². The molecule has 0 unspecified atom stereocenters. The molecule has 2 N–H and O–H groups in total. The lowest BCUT2D eigenvalue weighted by Crippen LogP contribution is -2.30. The maximum atomic E-state index is 10.2. The highest BCUT2D eigenvalue weighted by Gasteiger charge is 2.45. The van der Waals surface area contributed by atoms with Gasteiger partial charge in [-0.25, -0.2) is 0 Å². The molecule has 3 atom stereocenters. The van der Waals surface area contributed by atoms with Crippen LogP contribution in [-0.2, 0) is 9.53 Å². The monoisotopic (exact) mass is 185 g/mol. The Kier molecular flexibility index (Phi) is 2.51. The second kappa shape index (κ2) is 3.64. The number of carboxylic acid groups (broad SMARTS) is 1. The molecule has 0 aromatic carbocycles. The van der Waals surface area contributed by atoms with E-state index in [1.54, 1.807) is 0 Å². The summed E-state index contributed by atoms with van der Waals surface area (Å²) in [6.45, 7) is 1.00. The van der Waals surface area contributed by atoms with Crippen LogP contribution in [0.2, 0.25) is 0 Å². The van der Waals surface area contributed by atoms with E-state index in [0.29, 0.717) is 19.3 Å². The quantitative estimate of drug-likeness (QED) is 0.602. The number of aliphatic carboxylic acids is 1. The smallest absolute Gasteiger partial charge is 0.305 e. The van der Waals surface area contributed by atoms with Gasteiger partial charge >= 0.3 is 5.97 Å². The lowest BCUT2D eigenvalue weighted by atomic mass is 10.2. The summed E-state index contributed by atoms with van der Waals surface area (Å²) < 4.78 is 5.25. The van der Waals surface area contributed by atoms with Gasteiger partial charge in [-0.2, -0.15) is 0 Å². The van der Waals surface area contributed by atoms with Crippen molar-refractivity contribution in [1.29, 1.82) is 0 Å². The van der Waals surface area contributed by atoms with Crippen molar-refractivity contribution in [3.63, 3.8) is 0 Å². The van der Waals surface area contributed by atoms with Gasteiger partial charge in [0, 0.05) is 12.1 Å². The minimum Gasteiger partial charge on any atom is -0.481 e. The molecule has 0 amide bonds. The van der Waals surface area contributed by atoms with E-state index in [-0.39, 0.29) is 6.42 Å². The lowest BCUT2D eigenvalue weighted by molar-refractivity contribution is -0.138. The Morgan fingerprint density at radius 1 is 1.54 bits per heavy atom. The number of piperidine rings is 1. The average molecular weight is 185 g/mol. The van der Waals surface area contributed by atoms with Crippen molar-refractivity contribution < 1.29 is 14.6 Å². The van der Waals surface area contributed by atoms with Crippen LogP contribution in [-0.4, -0.2) is 36.4 Å². The van der Waals surface area contributed by atoms with Gasteiger partial charge in [0.2, 0.25) is 0 Å². The summed E-state index contributed by atoms with van der Waals surface area (Å²) >= 11 is 0. The minimum absolute atomic E-state index is 0.111. The van der Waals surface area contributed by atoms with Gasteiger partial charge < -0.3 is 15.2 Å². The van der Waals surface area contributed by atoms with E-state index in [1.807, 2.05) is 0 Å². The molecule has 0 radical (unpaired) electrons. The molecular formula is C9H15NO3. The molecule has 2 aliphatic rings. The Balaban J connectivity index is 1.51. The number of fused-ring (bicyclic) bond motifs is 1. The van der Waals surface area contributed by atoms with Crippen LogP contribution in [0.4, 0.5) is 0 Å². The highest BCUT2D eigenvalue weighted by atomic mass is 16.5. The molecule has 1 heterocycles. The number of rotatable bonds is 5. The molecule has 0 aromatic rings. The first kappa shape index (κ1) is 8.97. The highest BCUT2D eigenvalue weighted by Crippen LogP contribution is 2.40. The first-order valence-corrected chi connectivity index (χ1v) is 4.81. The fourth-order valence-electron chi connectivity index (χ4n) is 1.95. The van der Waals surface area contributed by atoms with Crippen molar-refractivity contribution in [2.24, 2.45) is 5.92 Å². The highest BCUT2D eigenvalue weighted by molar-refractivity contribution is 5.66. The van der Waals surface area contributed by atoms with E-state index in [4.69, 9.17) is 9.84 Å². The van der Waals surface area contributed by atoms with E-state index in [9.17, 15) is 4.79 Å². The summed E-state index contributed by atoms with van der Waals surface area (Å²) in [5.41, 5.74) is 0. The van der Waals surface area contributed by atoms with Gasteiger partial charge in [-0.05, 0) is 18.8 Å². The predicted molar refractivity (Wildman–Crippen MR) is 46.5 cm³/mol. The molecule has 0 spiro atoms. The molecule has 1 saturated carbocycles. The average Bonchev–Trinajstić information content (AvgIpc) is 2.68. The van der Waals surface area contributed by atoms with Crippen molar-refractivity contribution in [2.75, 3.05) is 13.2 Å². The number of carbonyl (C=O) groups is 1.